The molecule has 0 saturated heterocycles. The Hall–Kier alpha value is -0.850. The highest BCUT2D eigenvalue weighted by Gasteiger charge is 2.16. The van der Waals surface area contributed by atoms with Crippen molar-refractivity contribution in [1.29, 1.82) is 0 Å². The average Bonchev–Trinajstić information content (AvgIpc) is 1.80. The smallest absolute Gasteiger partial charge is 0.129 e. The van der Waals surface area contributed by atoms with Crippen molar-refractivity contribution in [3.8, 4) is 0 Å². The fraction of sp³-hybridized carbons (Fsp3) is 0.333. The van der Waals surface area contributed by atoms with Crippen LogP contribution in [-0.2, 0) is 0 Å². The van der Waals surface area contributed by atoms with E-state index < -0.39 is 5.67 Å². The molecule has 0 atom stereocenters. The van der Waals surface area contributed by atoms with Crippen LogP contribution in [0.25, 0.3) is 0 Å². The van der Waals surface area contributed by atoms with Gasteiger partial charge in [0, 0.05) is 0 Å². The van der Waals surface area contributed by atoms with E-state index in [2.05, 4.69) is 13.2 Å². The van der Waals surface area contributed by atoms with Crippen LogP contribution in [0, 0.1) is 0 Å². The van der Waals surface area contributed by atoms with Crippen molar-refractivity contribution in [3.63, 3.8) is 0 Å². The maximum atomic E-state index is 12.9. The molecule has 56 valence electrons. The number of hydrogen-bond acceptors (Lipinski definition) is 0. The lowest BCUT2D eigenvalue weighted by molar-refractivity contribution is 0.275. The van der Waals surface area contributed by atoms with Crippen LogP contribution in [0.2, 0.25) is 0 Å². The lowest BCUT2D eigenvalue weighted by Crippen LogP contribution is -2.12. The molecule has 0 fully saturated rings. The predicted molar refractivity (Wildman–Crippen MR) is 43.7 cm³/mol. The molecule has 1 heteroatoms. The maximum absolute atomic E-state index is 12.9. The van der Waals surface area contributed by atoms with E-state index in [-0.39, 0.29) is 0 Å². The molecule has 0 spiro atoms. The number of allylic oxidation sites excluding steroid dienone is 4. The van der Waals surface area contributed by atoms with Gasteiger partial charge in [0.15, 0.2) is 0 Å². The second-order valence-corrected chi connectivity index (χ2v) is 2.59. The van der Waals surface area contributed by atoms with Crippen LogP contribution in [0.4, 0.5) is 4.39 Å². The Balaban J connectivity index is 4.11. The molecule has 10 heavy (non-hydrogen) atoms. The Kier molecular flexibility index (Phi) is 3.07. The molecular formula is C9H13F. The van der Waals surface area contributed by atoms with Crippen molar-refractivity contribution in [2.45, 2.75) is 19.5 Å². The molecule has 0 aliphatic rings. The number of hydrogen-bond donors (Lipinski definition) is 0. The van der Waals surface area contributed by atoms with Gasteiger partial charge in [0.25, 0.3) is 0 Å². The highest BCUT2D eigenvalue weighted by molar-refractivity contribution is 5.25. The first-order valence-electron chi connectivity index (χ1n) is 3.16. The van der Waals surface area contributed by atoms with E-state index in [0.29, 0.717) is 5.57 Å². The van der Waals surface area contributed by atoms with Crippen LogP contribution in [0.15, 0.2) is 37.0 Å². The van der Waals surface area contributed by atoms with Crippen molar-refractivity contribution in [3.05, 3.63) is 37.0 Å². The molecule has 0 aliphatic carbocycles. The molecule has 0 saturated carbocycles. The second-order valence-electron chi connectivity index (χ2n) is 2.59. The Morgan fingerprint density at radius 1 is 1.50 bits per heavy atom. The molecular weight excluding hydrogens is 127 g/mol. The summed E-state index contributed by atoms with van der Waals surface area (Å²) in [4.78, 5) is 0. The minimum atomic E-state index is -1.32. The zero-order chi connectivity index (χ0) is 8.20. The summed E-state index contributed by atoms with van der Waals surface area (Å²) in [5, 5.41) is 0. The largest absolute Gasteiger partial charge is 0.239 e. The molecule has 0 radical (unpaired) electrons. The molecule has 0 nitrogen and oxygen atoms in total. The standard InChI is InChI=1S/C9H13F/c1-5-6-7-8(2)9(3,4)10/h5-7H,1-2H2,3-4H3. The van der Waals surface area contributed by atoms with Gasteiger partial charge in [0.05, 0.1) is 0 Å². The molecule has 0 heterocycles. The first kappa shape index (κ1) is 9.15. The van der Waals surface area contributed by atoms with Crippen molar-refractivity contribution >= 4 is 0 Å². The van der Waals surface area contributed by atoms with Crippen molar-refractivity contribution in [2.75, 3.05) is 0 Å². The minimum Gasteiger partial charge on any atom is -0.239 e. The number of rotatable bonds is 3. The first-order chi connectivity index (χ1) is 4.48. The van der Waals surface area contributed by atoms with Gasteiger partial charge in [-0.2, -0.15) is 0 Å². The van der Waals surface area contributed by atoms with Gasteiger partial charge in [-0.25, -0.2) is 4.39 Å². The van der Waals surface area contributed by atoms with E-state index in [0.717, 1.165) is 0 Å². The van der Waals surface area contributed by atoms with E-state index in [1.807, 2.05) is 0 Å². The molecule has 0 bridgehead atoms. The van der Waals surface area contributed by atoms with E-state index in [9.17, 15) is 4.39 Å². The van der Waals surface area contributed by atoms with Gasteiger partial charge in [-0.15, -0.1) is 0 Å². The fourth-order valence-electron chi connectivity index (χ4n) is 0.382. The summed E-state index contributed by atoms with van der Waals surface area (Å²) in [6.45, 7) is 9.97. The predicted octanol–water partition coefficient (Wildman–Crippen LogP) is 3.03. The Morgan fingerprint density at radius 2 is 2.00 bits per heavy atom. The maximum Gasteiger partial charge on any atom is 0.129 e. The number of alkyl halides is 1. The van der Waals surface area contributed by atoms with E-state index in [1.165, 1.54) is 13.8 Å². The first-order valence-corrected chi connectivity index (χ1v) is 3.16. The summed E-state index contributed by atoms with van der Waals surface area (Å²) in [6.07, 6.45) is 4.88. The van der Waals surface area contributed by atoms with Crippen molar-refractivity contribution < 1.29 is 4.39 Å². The molecule has 0 amide bonds. The molecule has 0 unspecified atom stereocenters. The van der Waals surface area contributed by atoms with Gasteiger partial charge in [-0.05, 0) is 19.4 Å². The fourth-order valence-corrected chi connectivity index (χ4v) is 0.382. The quantitative estimate of drug-likeness (QED) is 0.528. The van der Waals surface area contributed by atoms with Crippen LogP contribution in [-0.4, -0.2) is 5.67 Å². The zero-order valence-electron chi connectivity index (χ0n) is 6.52. The summed E-state index contributed by atoms with van der Waals surface area (Å²) in [7, 11) is 0. The van der Waals surface area contributed by atoms with E-state index in [1.54, 1.807) is 18.2 Å². The lowest BCUT2D eigenvalue weighted by atomic mass is 10.0. The van der Waals surface area contributed by atoms with Gasteiger partial charge >= 0.3 is 0 Å². The van der Waals surface area contributed by atoms with Gasteiger partial charge in [-0.3, -0.25) is 0 Å². The number of halogens is 1. The van der Waals surface area contributed by atoms with Crippen LogP contribution < -0.4 is 0 Å². The molecule has 0 aromatic heterocycles. The molecule has 0 N–H and O–H groups in total. The van der Waals surface area contributed by atoms with Gasteiger partial charge in [-0.1, -0.05) is 31.4 Å². The Bertz CT molecular complexity index is 158. The molecule has 0 aliphatic heterocycles. The van der Waals surface area contributed by atoms with Crippen LogP contribution in [0.3, 0.4) is 0 Å². The summed E-state index contributed by atoms with van der Waals surface area (Å²) < 4.78 is 12.9. The summed E-state index contributed by atoms with van der Waals surface area (Å²) >= 11 is 0. The summed E-state index contributed by atoms with van der Waals surface area (Å²) in [5.41, 5.74) is -0.855. The van der Waals surface area contributed by atoms with Crippen LogP contribution >= 0.6 is 0 Å². The monoisotopic (exact) mass is 140 g/mol. The topological polar surface area (TPSA) is 0 Å². The normalized spacial score (nSPS) is 11.9. The van der Waals surface area contributed by atoms with Crippen molar-refractivity contribution in [1.82, 2.24) is 0 Å². The van der Waals surface area contributed by atoms with Crippen LogP contribution in [0.5, 0.6) is 0 Å². The van der Waals surface area contributed by atoms with Gasteiger partial charge in [0.2, 0.25) is 0 Å². The summed E-state index contributed by atoms with van der Waals surface area (Å²) in [5.74, 6) is 0. The second kappa shape index (κ2) is 3.35. The highest BCUT2D eigenvalue weighted by Crippen LogP contribution is 2.19. The third-order valence-electron chi connectivity index (χ3n) is 1.20. The Labute approximate surface area is 61.8 Å². The lowest BCUT2D eigenvalue weighted by Gasteiger charge is -2.13. The molecule has 0 aromatic carbocycles. The third kappa shape index (κ3) is 3.23. The average molecular weight is 140 g/mol. The van der Waals surface area contributed by atoms with Gasteiger partial charge < -0.3 is 0 Å². The van der Waals surface area contributed by atoms with Gasteiger partial charge in [0.1, 0.15) is 5.67 Å². The highest BCUT2D eigenvalue weighted by atomic mass is 19.1. The SMILES string of the molecule is C=CC=CC(=C)C(C)(C)F. The Morgan fingerprint density at radius 3 is 2.30 bits per heavy atom. The van der Waals surface area contributed by atoms with E-state index >= 15 is 0 Å². The van der Waals surface area contributed by atoms with E-state index in [4.69, 9.17) is 0 Å². The third-order valence-corrected chi connectivity index (χ3v) is 1.20. The molecule has 0 rings (SSSR count). The zero-order valence-corrected chi connectivity index (χ0v) is 6.52. The molecule has 0 aromatic rings. The minimum absolute atomic E-state index is 0.465. The summed E-state index contributed by atoms with van der Waals surface area (Å²) in [6, 6.07) is 0. The van der Waals surface area contributed by atoms with Crippen LogP contribution in [0.1, 0.15) is 13.8 Å². The van der Waals surface area contributed by atoms with Crippen molar-refractivity contribution in [2.24, 2.45) is 0 Å².